The molecule has 0 bridgehead atoms. The molecular formula is C23H30. The minimum absolute atomic E-state index is 0.447. The zero-order valence-electron chi connectivity index (χ0n) is 14.8. The van der Waals surface area contributed by atoms with E-state index in [-0.39, 0.29) is 0 Å². The molecule has 1 aromatic rings. The Morgan fingerprint density at radius 1 is 1.22 bits per heavy atom. The van der Waals surface area contributed by atoms with E-state index in [1.54, 1.807) is 16.7 Å². The van der Waals surface area contributed by atoms with Gasteiger partial charge in [-0.3, -0.25) is 0 Å². The van der Waals surface area contributed by atoms with E-state index < -0.39 is 0 Å². The van der Waals surface area contributed by atoms with Gasteiger partial charge in [0, 0.05) is 0 Å². The molecule has 0 radical (unpaired) electrons. The Kier molecular flexibility index (Phi) is 3.75. The van der Waals surface area contributed by atoms with Crippen LogP contribution in [0.4, 0.5) is 0 Å². The third kappa shape index (κ3) is 2.33. The highest BCUT2D eigenvalue weighted by Crippen LogP contribution is 2.62. The fourth-order valence-electron chi connectivity index (χ4n) is 5.87. The van der Waals surface area contributed by atoms with Crippen molar-refractivity contribution in [2.24, 2.45) is 17.3 Å². The van der Waals surface area contributed by atoms with Gasteiger partial charge in [-0.1, -0.05) is 56.4 Å². The smallest absolute Gasteiger partial charge is 0.00876 e. The van der Waals surface area contributed by atoms with Crippen molar-refractivity contribution in [1.29, 1.82) is 0 Å². The van der Waals surface area contributed by atoms with E-state index in [0.29, 0.717) is 5.41 Å². The first-order valence-electron chi connectivity index (χ1n) is 9.61. The van der Waals surface area contributed by atoms with Crippen LogP contribution >= 0.6 is 0 Å². The van der Waals surface area contributed by atoms with Gasteiger partial charge in [0.2, 0.25) is 0 Å². The van der Waals surface area contributed by atoms with Gasteiger partial charge in [-0.15, -0.1) is 0 Å². The Labute approximate surface area is 141 Å². The maximum atomic E-state index is 4.42. The number of benzene rings is 1. The fourth-order valence-corrected chi connectivity index (χ4v) is 5.87. The second-order valence-corrected chi connectivity index (χ2v) is 8.28. The molecule has 0 heterocycles. The Morgan fingerprint density at radius 2 is 2.09 bits per heavy atom. The summed E-state index contributed by atoms with van der Waals surface area (Å²) in [5, 5.41) is 0. The Hall–Kier alpha value is -1.30. The SMILES string of the molecule is C=C1CCC2C3CCc4cc(/C=C/CC)ccc4C3CCC12C. The zero-order valence-corrected chi connectivity index (χ0v) is 14.8. The lowest BCUT2D eigenvalue weighted by Crippen LogP contribution is -2.40. The van der Waals surface area contributed by atoms with Gasteiger partial charge < -0.3 is 0 Å². The fraction of sp³-hybridized carbons (Fsp3) is 0.565. The van der Waals surface area contributed by atoms with Gasteiger partial charge in [-0.05, 0) is 84.8 Å². The largest absolute Gasteiger partial charge is 0.0993 e. The van der Waals surface area contributed by atoms with Crippen LogP contribution in [0.2, 0.25) is 0 Å². The Balaban J connectivity index is 1.65. The predicted molar refractivity (Wildman–Crippen MR) is 99.5 cm³/mol. The van der Waals surface area contributed by atoms with Gasteiger partial charge in [-0.2, -0.15) is 0 Å². The van der Waals surface area contributed by atoms with Crippen LogP contribution in [0.1, 0.15) is 75.0 Å². The van der Waals surface area contributed by atoms with Crippen molar-refractivity contribution in [3.8, 4) is 0 Å². The van der Waals surface area contributed by atoms with Gasteiger partial charge in [-0.25, -0.2) is 0 Å². The molecule has 0 amide bonds. The second kappa shape index (κ2) is 5.65. The normalized spacial score (nSPS) is 35.9. The first-order valence-corrected chi connectivity index (χ1v) is 9.61. The van der Waals surface area contributed by atoms with Crippen molar-refractivity contribution in [3.05, 3.63) is 53.1 Å². The van der Waals surface area contributed by atoms with Gasteiger partial charge in [0.25, 0.3) is 0 Å². The maximum absolute atomic E-state index is 4.42. The molecule has 0 aromatic heterocycles. The number of fused-ring (bicyclic) bond motifs is 5. The molecule has 1 aromatic carbocycles. The molecule has 0 spiro atoms. The van der Waals surface area contributed by atoms with Crippen LogP contribution in [-0.4, -0.2) is 0 Å². The van der Waals surface area contributed by atoms with E-state index in [1.165, 1.54) is 44.1 Å². The molecule has 4 atom stereocenters. The molecule has 0 aliphatic heterocycles. The molecular weight excluding hydrogens is 276 g/mol. The van der Waals surface area contributed by atoms with Gasteiger partial charge in [0.15, 0.2) is 0 Å². The highest BCUT2D eigenvalue weighted by molar-refractivity contribution is 5.53. The van der Waals surface area contributed by atoms with E-state index in [2.05, 4.69) is 50.8 Å². The van der Waals surface area contributed by atoms with Gasteiger partial charge in [0.05, 0.1) is 0 Å². The molecule has 23 heavy (non-hydrogen) atoms. The molecule has 4 rings (SSSR count). The summed E-state index contributed by atoms with van der Waals surface area (Å²) in [5.41, 5.74) is 6.69. The summed E-state index contributed by atoms with van der Waals surface area (Å²) in [5.74, 6) is 2.60. The minimum Gasteiger partial charge on any atom is -0.0993 e. The van der Waals surface area contributed by atoms with Gasteiger partial charge in [0.1, 0.15) is 0 Å². The summed E-state index contributed by atoms with van der Waals surface area (Å²) >= 11 is 0. The molecule has 0 heteroatoms. The monoisotopic (exact) mass is 306 g/mol. The molecule has 0 N–H and O–H groups in total. The minimum atomic E-state index is 0.447. The maximum Gasteiger partial charge on any atom is -0.00876 e. The molecule has 3 aliphatic rings. The molecule has 0 nitrogen and oxygen atoms in total. The van der Waals surface area contributed by atoms with Crippen molar-refractivity contribution in [3.63, 3.8) is 0 Å². The lowest BCUT2D eigenvalue weighted by atomic mass is 9.55. The summed E-state index contributed by atoms with van der Waals surface area (Å²) in [4.78, 5) is 0. The van der Waals surface area contributed by atoms with Crippen molar-refractivity contribution >= 4 is 6.08 Å². The number of aryl methyl sites for hydroxylation is 1. The van der Waals surface area contributed by atoms with Crippen LogP contribution in [0.15, 0.2) is 36.4 Å². The summed E-state index contributed by atoms with van der Waals surface area (Å²) < 4.78 is 0. The third-order valence-electron chi connectivity index (χ3n) is 7.25. The van der Waals surface area contributed by atoms with E-state index in [1.807, 2.05) is 0 Å². The lowest BCUT2D eigenvalue weighted by Gasteiger charge is -2.49. The van der Waals surface area contributed by atoms with Crippen molar-refractivity contribution in [1.82, 2.24) is 0 Å². The highest BCUT2D eigenvalue weighted by Gasteiger charge is 2.51. The summed E-state index contributed by atoms with van der Waals surface area (Å²) in [7, 11) is 0. The van der Waals surface area contributed by atoms with Crippen molar-refractivity contribution < 1.29 is 0 Å². The average molecular weight is 306 g/mol. The number of hydrogen-bond acceptors (Lipinski definition) is 0. The van der Waals surface area contributed by atoms with Crippen LogP contribution in [-0.2, 0) is 6.42 Å². The molecule has 2 fully saturated rings. The number of hydrogen-bond donors (Lipinski definition) is 0. The van der Waals surface area contributed by atoms with Crippen LogP contribution in [0, 0.1) is 17.3 Å². The second-order valence-electron chi connectivity index (χ2n) is 8.28. The predicted octanol–water partition coefficient (Wildman–Crippen LogP) is 6.52. The molecule has 122 valence electrons. The third-order valence-corrected chi connectivity index (χ3v) is 7.25. The van der Waals surface area contributed by atoms with Crippen LogP contribution in [0.25, 0.3) is 6.08 Å². The average Bonchev–Trinajstić information content (AvgIpc) is 2.88. The van der Waals surface area contributed by atoms with Gasteiger partial charge >= 0.3 is 0 Å². The van der Waals surface area contributed by atoms with Crippen LogP contribution in [0.3, 0.4) is 0 Å². The Bertz CT molecular complexity index is 650. The molecule has 2 saturated carbocycles. The summed E-state index contributed by atoms with van der Waals surface area (Å²) in [6.45, 7) is 9.14. The van der Waals surface area contributed by atoms with Crippen molar-refractivity contribution in [2.45, 2.75) is 64.7 Å². The molecule has 4 unspecified atom stereocenters. The van der Waals surface area contributed by atoms with Crippen LogP contribution < -0.4 is 0 Å². The number of allylic oxidation sites excluding steroid dienone is 2. The summed E-state index contributed by atoms with van der Waals surface area (Å²) in [6, 6.07) is 7.25. The van der Waals surface area contributed by atoms with E-state index in [0.717, 1.165) is 24.2 Å². The Morgan fingerprint density at radius 3 is 2.91 bits per heavy atom. The topological polar surface area (TPSA) is 0 Å². The lowest BCUT2D eigenvalue weighted by molar-refractivity contribution is 0.0817. The highest BCUT2D eigenvalue weighted by atomic mass is 14.6. The first-order chi connectivity index (χ1) is 11.1. The van der Waals surface area contributed by atoms with E-state index >= 15 is 0 Å². The molecule has 0 saturated heterocycles. The zero-order chi connectivity index (χ0) is 16.0. The quantitative estimate of drug-likeness (QED) is 0.545. The van der Waals surface area contributed by atoms with Crippen molar-refractivity contribution in [2.75, 3.05) is 0 Å². The van der Waals surface area contributed by atoms with Crippen LogP contribution in [0.5, 0.6) is 0 Å². The van der Waals surface area contributed by atoms with E-state index in [9.17, 15) is 0 Å². The standard InChI is InChI=1S/C23H30/c1-4-5-6-17-8-10-19-18(15-17)9-11-21-20(19)13-14-23(3)16(2)7-12-22(21)23/h5-6,8,10,15,20-22H,2,4,7,9,11-14H2,1,3H3/b6-5+. The van der Waals surface area contributed by atoms with E-state index in [4.69, 9.17) is 0 Å². The number of rotatable bonds is 2. The molecule has 3 aliphatic carbocycles. The summed E-state index contributed by atoms with van der Waals surface area (Å²) in [6.07, 6.45) is 13.7. The first kappa shape index (κ1) is 15.2.